The summed E-state index contributed by atoms with van der Waals surface area (Å²) in [6.45, 7) is 0.335. The van der Waals surface area contributed by atoms with Crippen molar-refractivity contribution in [3.05, 3.63) is 114 Å². The zero-order chi connectivity index (χ0) is 24.2. The topological polar surface area (TPSA) is 29.5 Å². The first-order valence-electron chi connectivity index (χ1n) is 12.7. The number of benzene rings is 4. The van der Waals surface area contributed by atoms with Crippen LogP contribution in [0.1, 0.15) is 41.9 Å². The minimum absolute atomic E-state index is 0.0122. The minimum Gasteiger partial charge on any atom is -0.448 e. The van der Waals surface area contributed by atoms with Crippen molar-refractivity contribution < 1.29 is 13.9 Å². The quantitative estimate of drug-likeness (QED) is 0.306. The Kier molecular flexibility index (Phi) is 4.95. The lowest BCUT2D eigenvalue weighted by atomic mass is 9.91. The van der Waals surface area contributed by atoms with Gasteiger partial charge in [0.1, 0.15) is 12.4 Å². The molecule has 2 aliphatic heterocycles. The standard InChI is InChI=1S/C32H26FNO2/c33-31-16-15-23(24-7-5-6-12-29(24)31)20-17-21-13-14-22(18-20)34(21)32(35)36-19-30-27-10-3-1-8-25(27)26-9-2-4-11-28(26)30/h1-12,15-17,21-22,30H,13-14,18-19H2. The van der Waals surface area contributed by atoms with Crippen molar-refractivity contribution in [2.75, 3.05) is 6.61 Å². The lowest BCUT2D eigenvalue weighted by molar-refractivity contribution is 0.0867. The van der Waals surface area contributed by atoms with E-state index in [0.717, 1.165) is 30.2 Å². The molecule has 3 aliphatic rings. The van der Waals surface area contributed by atoms with Gasteiger partial charge in [0.25, 0.3) is 0 Å². The molecule has 2 atom stereocenters. The van der Waals surface area contributed by atoms with E-state index >= 15 is 0 Å². The fraction of sp³-hybridized carbons (Fsp3) is 0.219. The Morgan fingerprint density at radius 3 is 2.19 bits per heavy atom. The molecule has 2 unspecified atom stereocenters. The van der Waals surface area contributed by atoms with Gasteiger partial charge in [-0.3, -0.25) is 4.90 Å². The molecule has 36 heavy (non-hydrogen) atoms. The predicted octanol–water partition coefficient (Wildman–Crippen LogP) is 7.55. The molecular formula is C32H26FNO2. The third-order valence-electron chi connectivity index (χ3n) is 8.16. The minimum atomic E-state index is -0.233. The number of carbonyl (C=O) groups is 1. The Morgan fingerprint density at radius 2 is 1.47 bits per heavy atom. The summed E-state index contributed by atoms with van der Waals surface area (Å²) in [6.07, 6.45) is 4.61. The van der Waals surface area contributed by atoms with Gasteiger partial charge in [0.15, 0.2) is 0 Å². The SMILES string of the molecule is O=C(OCC1c2ccccc2-c2ccccc21)N1C2C=C(c3ccc(F)c4ccccc34)CC1CC2. The van der Waals surface area contributed by atoms with Crippen LogP contribution in [0.25, 0.3) is 27.5 Å². The van der Waals surface area contributed by atoms with Crippen molar-refractivity contribution in [3.63, 3.8) is 0 Å². The molecule has 2 heterocycles. The monoisotopic (exact) mass is 475 g/mol. The van der Waals surface area contributed by atoms with Gasteiger partial charge in [-0.2, -0.15) is 0 Å². The first-order valence-corrected chi connectivity index (χ1v) is 12.7. The average molecular weight is 476 g/mol. The molecule has 2 bridgehead atoms. The predicted molar refractivity (Wildman–Crippen MR) is 140 cm³/mol. The van der Waals surface area contributed by atoms with E-state index in [2.05, 4.69) is 54.6 Å². The number of hydrogen-bond acceptors (Lipinski definition) is 2. The lowest BCUT2D eigenvalue weighted by Gasteiger charge is -2.34. The van der Waals surface area contributed by atoms with Crippen LogP contribution in [0.3, 0.4) is 0 Å². The van der Waals surface area contributed by atoms with Crippen molar-refractivity contribution in [3.8, 4) is 11.1 Å². The zero-order valence-electron chi connectivity index (χ0n) is 19.9. The maximum atomic E-state index is 14.4. The van der Waals surface area contributed by atoms with E-state index in [-0.39, 0.29) is 29.9 Å². The summed E-state index contributed by atoms with van der Waals surface area (Å²) in [5.74, 6) is -0.144. The number of hydrogen-bond donors (Lipinski definition) is 0. The number of halogens is 1. The molecule has 0 radical (unpaired) electrons. The summed E-state index contributed by atoms with van der Waals surface area (Å²) in [5, 5.41) is 1.57. The van der Waals surface area contributed by atoms with E-state index in [1.165, 1.54) is 27.8 Å². The van der Waals surface area contributed by atoms with E-state index in [4.69, 9.17) is 4.74 Å². The van der Waals surface area contributed by atoms with E-state index in [9.17, 15) is 9.18 Å². The van der Waals surface area contributed by atoms with Gasteiger partial charge in [-0.1, -0.05) is 84.9 Å². The van der Waals surface area contributed by atoms with E-state index in [0.29, 0.717) is 12.0 Å². The Hall–Kier alpha value is -3.92. The highest BCUT2D eigenvalue weighted by Crippen LogP contribution is 2.45. The van der Waals surface area contributed by atoms with Gasteiger partial charge in [0, 0.05) is 17.3 Å². The van der Waals surface area contributed by atoms with Crippen LogP contribution >= 0.6 is 0 Å². The van der Waals surface area contributed by atoms with Crippen LogP contribution in [-0.2, 0) is 4.74 Å². The molecule has 178 valence electrons. The third kappa shape index (κ3) is 3.28. The van der Waals surface area contributed by atoms with E-state index < -0.39 is 0 Å². The molecule has 4 aromatic rings. The Labute approximate surface area is 209 Å². The largest absolute Gasteiger partial charge is 0.448 e. The molecule has 3 nitrogen and oxygen atoms in total. The van der Waals surface area contributed by atoms with Crippen molar-refractivity contribution in [1.29, 1.82) is 0 Å². The molecular weight excluding hydrogens is 449 g/mol. The maximum Gasteiger partial charge on any atom is 0.410 e. The smallest absolute Gasteiger partial charge is 0.410 e. The van der Waals surface area contributed by atoms with Crippen LogP contribution in [0.4, 0.5) is 9.18 Å². The third-order valence-corrected chi connectivity index (χ3v) is 8.16. The van der Waals surface area contributed by atoms with Gasteiger partial charge in [0.2, 0.25) is 0 Å². The molecule has 0 spiro atoms. The number of nitrogens with zero attached hydrogens (tertiary/aromatic N) is 1. The summed E-state index contributed by atoms with van der Waals surface area (Å²) in [6, 6.07) is 28.0. The normalized spacial score (nSPS) is 20.2. The highest BCUT2D eigenvalue weighted by Gasteiger charge is 2.41. The molecule has 4 heteroatoms. The summed E-state index contributed by atoms with van der Waals surface area (Å²) >= 11 is 0. The molecule has 1 saturated heterocycles. The zero-order valence-corrected chi connectivity index (χ0v) is 19.9. The summed E-state index contributed by atoms with van der Waals surface area (Å²) < 4.78 is 20.4. The first kappa shape index (κ1) is 21.4. The maximum absolute atomic E-state index is 14.4. The molecule has 1 aliphatic carbocycles. The summed E-state index contributed by atoms with van der Waals surface area (Å²) in [4.78, 5) is 15.3. The van der Waals surface area contributed by atoms with Crippen molar-refractivity contribution in [1.82, 2.24) is 4.90 Å². The molecule has 0 N–H and O–H groups in total. The fourth-order valence-corrected chi connectivity index (χ4v) is 6.53. The number of fused-ring (bicyclic) bond motifs is 6. The molecule has 4 aromatic carbocycles. The fourth-order valence-electron chi connectivity index (χ4n) is 6.53. The summed E-state index contributed by atoms with van der Waals surface area (Å²) in [7, 11) is 0. The van der Waals surface area contributed by atoms with Crippen molar-refractivity contribution >= 4 is 22.4 Å². The number of amides is 1. The highest BCUT2D eigenvalue weighted by molar-refractivity contribution is 5.95. The number of rotatable bonds is 3. The van der Waals surface area contributed by atoms with Crippen LogP contribution in [0.15, 0.2) is 91.0 Å². The molecule has 1 fully saturated rings. The number of ether oxygens (including phenoxy) is 1. The van der Waals surface area contributed by atoms with Gasteiger partial charge in [0.05, 0.1) is 6.04 Å². The summed E-state index contributed by atoms with van der Waals surface area (Å²) in [5.41, 5.74) is 7.16. The van der Waals surface area contributed by atoms with Gasteiger partial charge in [-0.15, -0.1) is 0 Å². The van der Waals surface area contributed by atoms with Crippen molar-refractivity contribution in [2.45, 2.75) is 37.3 Å². The molecule has 1 amide bonds. The van der Waals surface area contributed by atoms with Gasteiger partial charge in [-0.05, 0) is 64.1 Å². The van der Waals surface area contributed by atoms with Crippen LogP contribution < -0.4 is 0 Å². The van der Waals surface area contributed by atoms with Gasteiger partial charge in [-0.25, -0.2) is 9.18 Å². The van der Waals surface area contributed by atoms with Crippen molar-refractivity contribution in [2.24, 2.45) is 0 Å². The second-order valence-electron chi connectivity index (χ2n) is 10.0. The molecule has 0 saturated carbocycles. The van der Waals surface area contributed by atoms with Crippen LogP contribution in [-0.4, -0.2) is 29.7 Å². The molecule has 0 aromatic heterocycles. The number of carbonyl (C=O) groups excluding carboxylic acids is 1. The highest BCUT2D eigenvalue weighted by atomic mass is 19.1. The Bertz CT molecular complexity index is 1490. The Morgan fingerprint density at radius 1 is 0.806 bits per heavy atom. The van der Waals surface area contributed by atoms with Crippen LogP contribution in [0.2, 0.25) is 0 Å². The van der Waals surface area contributed by atoms with E-state index in [1.807, 2.05) is 35.2 Å². The second kappa shape index (κ2) is 8.34. The first-order chi connectivity index (χ1) is 17.7. The van der Waals surface area contributed by atoms with Gasteiger partial charge < -0.3 is 4.74 Å². The Balaban J connectivity index is 1.13. The second-order valence-corrected chi connectivity index (χ2v) is 10.0. The average Bonchev–Trinajstić information content (AvgIpc) is 3.38. The van der Waals surface area contributed by atoms with E-state index in [1.54, 1.807) is 6.07 Å². The van der Waals surface area contributed by atoms with Crippen LogP contribution in [0.5, 0.6) is 0 Å². The lowest BCUT2D eigenvalue weighted by Crippen LogP contribution is -2.43. The van der Waals surface area contributed by atoms with Gasteiger partial charge >= 0.3 is 6.09 Å². The van der Waals surface area contributed by atoms with Crippen LogP contribution in [0, 0.1) is 5.82 Å². The molecule has 7 rings (SSSR count).